The maximum Gasteiger partial charge on any atom is 0.344 e. The molecule has 42 heavy (non-hydrogen) atoms. The summed E-state index contributed by atoms with van der Waals surface area (Å²) in [5.74, 6) is 1.39. The van der Waals surface area contributed by atoms with Gasteiger partial charge in [0, 0.05) is 40.5 Å². The van der Waals surface area contributed by atoms with Gasteiger partial charge in [0.1, 0.15) is 11.5 Å². The van der Waals surface area contributed by atoms with Crippen molar-refractivity contribution in [1.29, 1.82) is 0 Å². The van der Waals surface area contributed by atoms with Crippen LogP contribution in [0.25, 0.3) is 0 Å². The molecular weight excluding hydrogens is 581 g/mol. The second-order valence-corrected chi connectivity index (χ2v) is 10.4. The summed E-state index contributed by atoms with van der Waals surface area (Å²) in [6, 6.07) is 26.6. The Morgan fingerprint density at radius 2 is 1.38 bits per heavy atom. The van der Waals surface area contributed by atoms with Crippen LogP contribution in [0, 0.1) is 0 Å². The molecule has 0 spiro atoms. The van der Waals surface area contributed by atoms with Crippen LogP contribution >= 0.6 is 23.2 Å². The molecule has 1 unspecified atom stereocenters. The molecule has 0 amide bonds. The highest BCUT2D eigenvalue weighted by Crippen LogP contribution is 2.38. The Balaban J connectivity index is 0.000000524. The van der Waals surface area contributed by atoms with E-state index in [0.717, 1.165) is 28.1 Å². The molecule has 10 heteroatoms. The maximum atomic E-state index is 11.1. The summed E-state index contributed by atoms with van der Waals surface area (Å²) in [4.78, 5) is 13.2. The highest BCUT2D eigenvalue weighted by Gasteiger charge is 2.21. The number of halogens is 2. The van der Waals surface area contributed by atoms with Crippen LogP contribution in [0.3, 0.4) is 0 Å². The smallest absolute Gasteiger partial charge is 0.344 e. The fourth-order valence-electron chi connectivity index (χ4n) is 4.38. The SMILES string of the molecule is CC(Oc1ccc(N(Cc2cc3c(cc2Cl)OCOC3)Cc2cc3c(cc2Cl)OCO3)cc1)C(=O)O.c1ccccc1. The Labute approximate surface area is 253 Å². The summed E-state index contributed by atoms with van der Waals surface area (Å²) < 4.78 is 27.4. The van der Waals surface area contributed by atoms with Crippen LogP contribution in [0.15, 0.2) is 84.9 Å². The molecule has 0 fully saturated rings. The minimum Gasteiger partial charge on any atom is -0.479 e. The van der Waals surface area contributed by atoms with Crippen LogP contribution in [-0.2, 0) is 29.2 Å². The van der Waals surface area contributed by atoms with Crippen LogP contribution in [0.4, 0.5) is 5.69 Å². The minimum atomic E-state index is -1.03. The van der Waals surface area contributed by atoms with E-state index in [1.807, 2.05) is 66.7 Å². The molecule has 0 bridgehead atoms. The minimum absolute atomic E-state index is 0.157. The van der Waals surface area contributed by atoms with E-state index in [-0.39, 0.29) is 13.6 Å². The normalized spacial score (nSPS) is 13.6. The molecule has 1 atom stereocenters. The van der Waals surface area contributed by atoms with E-state index in [4.69, 9.17) is 52.0 Å². The lowest BCUT2D eigenvalue weighted by Crippen LogP contribution is -2.24. The van der Waals surface area contributed by atoms with Gasteiger partial charge in [0.05, 0.1) is 6.61 Å². The number of carbonyl (C=O) groups is 1. The second-order valence-electron chi connectivity index (χ2n) is 9.56. The molecule has 4 aromatic rings. The van der Waals surface area contributed by atoms with Gasteiger partial charge in [-0.3, -0.25) is 0 Å². The third kappa shape index (κ3) is 7.39. The molecule has 218 valence electrons. The van der Waals surface area contributed by atoms with Crippen LogP contribution in [0.2, 0.25) is 10.0 Å². The van der Waals surface area contributed by atoms with Gasteiger partial charge in [0.25, 0.3) is 0 Å². The standard InChI is InChI=1S/C26H23Cl2NO7.C6H6/c1-15(26(30)31)36-20-4-2-19(3-5-20)29(11-17-7-24-25(9-22(17)28)35-14-34-24)10-16-6-18-12-32-13-33-23(18)8-21(16)27;1-2-4-6-5-3-1/h2-9,15H,10-14H2,1H3,(H,30,31);1-6H. The van der Waals surface area contributed by atoms with Crippen molar-refractivity contribution in [3.63, 3.8) is 0 Å². The van der Waals surface area contributed by atoms with Gasteiger partial charge in [0.2, 0.25) is 6.79 Å². The van der Waals surface area contributed by atoms with Crippen LogP contribution < -0.4 is 23.8 Å². The molecule has 1 N–H and O–H groups in total. The molecule has 0 radical (unpaired) electrons. The number of carboxylic acid groups (broad SMARTS) is 1. The molecule has 8 nitrogen and oxygen atoms in total. The van der Waals surface area contributed by atoms with Gasteiger partial charge >= 0.3 is 5.97 Å². The van der Waals surface area contributed by atoms with Gasteiger partial charge in [-0.1, -0.05) is 59.6 Å². The third-order valence-corrected chi connectivity index (χ3v) is 7.28. The Morgan fingerprint density at radius 3 is 2.00 bits per heavy atom. The van der Waals surface area contributed by atoms with Gasteiger partial charge in [-0.15, -0.1) is 0 Å². The molecule has 2 aliphatic heterocycles. The summed E-state index contributed by atoms with van der Waals surface area (Å²) in [6.45, 7) is 3.19. The molecule has 4 aromatic carbocycles. The number of rotatable bonds is 8. The first-order valence-electron chi connectivity index (χ1n) is 13.2. The zero-order valence-electron chi connectivity index (χ0n) is 22.8. The van der Waals surface area contributed by atoms with Gasteiger partial charge < -0.3 is 33.7 Å². The van der Waals surface area contributed by atoms with E-state index >= 15 is 0 Å². The Morgan fingerprint density at radius 1 is 0.833 bits per heavy atom. The van der Waals surface area contributed by atoms with Crippen molar-refractivity contribution in [2.75, 3.05) is 18.5 Å². The van der Waals surface area contributed by atoms with Crippen molar-refractivity contribution in [2.24, 2.45) is 0 Å². The number of benzene rings is 4. The van der Waals surface area contributed by atoms with Crippen molar-refractivity contribution in [1.82, 2.24) is 0 Å². The number of anilines is 1. The zero-order chi connectivity index (χ0) is 29.5. The maximum absolute atomic E-state index is 11.1. The number of ether oxygens (including phenoxy) is 5. The molecule has 2 heterocycles. The highest BCUT2D eigenvalue weighted by atomic mass is 35.5. The predicted octanol–water partition coefficient (Wildman–Crippen LogP) is 7.33. The van der Waals surface area contributed by atoms with Gasteiger partial charge in [-0.2, -0.15) is 0 Å². The lowest BCUT2D eigenvalue weighted by atomic mass is 10.1. The van der Waals surface area contributed by atoms with E-state index in [9.17, 15) is 4.79 Å². The Bertz CT molecular complexity index is 1490. The summed E-state index contributed by atoms with van der Waals surface area (Å²) in [5.41, 5.74) is 3.52. The van der Waals surface area contributed by atoms with Crippen molar-refractivity contribution in [3.05, 3.63) is 112 Å². The van der Waals surface area contributed by atoms with E-state index < -0.39 is 12.1 Å². The molecule has 0 aromatic heterocycles. The highest BCUT2D eigenvalue weighted by molar-refractivity contribution is 6.32. The Hall–Kier alpha value is -4.11. The quantitative estimate of drug-likeness (QED) is 0.222. The van der Waals surface area contributed by atoms with Crippen LogP contribution in [0.1, 0.15) is 23.6 Å². The van der Waals surface area contributed by atoms with E-state index in [0.29, 0.717) is 47.0 Å². The first-order valence-corrected chi connectivity index (χ1v) is 14.0. The number of aliphatic carboxylic acids is 1. The summed E-state index contributed by atoms with van der Waals surface area (Å²) in [6.07, 6.45) is -0.960. The average molecular weight is 610 g/mol. The van der Waals surface area contributed by atoms with Crippen molar-refractivity contribution < 1.29 is 33.6 Å². The van der Waals surface area contributed by atoms with Crippen molar-refractivity contribution in [2.45, 2.75) is 32.7 Å². The van der Waals surface area contributed by atoms with Gasteiger partial charge in [0.15, 0.2) is 24.4 Å². The van der Waals surface area contributed by atoms with E-state index in [2.05, 4.69) is 4.90 Å². The van der Waals surface area contributed by atoms with Crippen LogP contribution in [-0.4, -0.2) is 30.8 Å². The fraction of sp³-hybridized carbons (Fsp3) is 0.219. The lowest BCUT2D eigenvalue weighted by molar-refractivity contribution is -0.144. The van der Waals surface area contributed by atoms with Crippen LogP contribution in [0.5, 0.6) is 23.0 Å². The van der Waals surface area contributed by atoms with E-state index in [1.165, 1.54) is 6.92 Å². The Kier molecular flexibility index (Phi) is 9.59. The summed E-state index contributed by atoms with van der Waals surface area (Å²) in [7, 11) is 0. The lowest BCUT2D eigenvalue weighted by Gasteiger charge is -2.27. The summed E-state index contributed by atoms with van der Waals surface area (Å²) >= 11 is 13.2. The molecule has 0 saturated carbocycles. The largest absolute Gasteiger partial charge is 0.479 e. The number of nitrogens with zero attached hydrogens (tertiary/aromatic N) is 1. The number of carboxylic acids is 1. The molecule has 6 rings (SSSR count). The van der Waals surface area contributed by atoms with E-state index in [1.54, 1.807) is 18.2 Å². The molecule has 0 aliphatic carbocycles. The monoisotopic (exact) mass is 609 g/mol. The first-order chi connectivity index (χ1) is 20.4. The predicted molar refractivity (Wildman–Crippen MR) is 160 cm³/mol. The van der Waals surface area contributed by atoms with Gasteiger partial charge in [-0.25, -0.2) is 4.79 Å². The molecule has 0 saturated heterocycles. The van der Waals surface area contributed by atoms with Crippen molar-refractivity contribution >= 4 is 34.9 Å². The number of hydrogen-bond acceptors (Lipinski definition) is 7. The summed E-state index contributed by atoms with van der Waals surface area (Å²) in [5, 5.41) is 10.3. The molecule has 2 aliphatic rings. The first kappa shape index (κ1) is 29.4. The fourth-order valence-corrected chi connectivity index (χ4v) is 4.81. The second kappa shape index (κ2) is 13.7. The number of fused-ring (bicyclic) bond motifs is 2. The van der Waals surface area contributed by atoms with Crippen molar-refractivity contribution in [3.8, 4) is 23.0 Å². The average Bonchev–Trinajstić information content (AvgIpc) is 3.46. The number of hydrogen-bond donors (Lipinski definition) is 1. The topological polar surface area (TPSA) is 86.7 Å². The molecular formula is C32H29Cl2NO7. The van der Waals surface area contributed by atoms with Gasteiger partial charge in [-0.05, 0) is 60.5 Å². The zero-order valence-corrected chi connectivity index (χ0v) is 24.3. The third-order valence-electron chi connectivity index (χ3n) is 6.58.